The minimum atomic E-state index is -1.00. The van der Waals surface area contributed by atoms with E-state index >= 15 is 0 Å². The summed E-state index contributed by atoms with van der Waals surface area (Å²) in [4.78, 5) is 49.6. The first kappa shape index (κ1) is 49.1. The van der Waals surface area contributed by atoms with Gasteiger partial charge in [-0.15, -0.1) is 0 Å². The Morgan fingerprint density at radius 3 is 1.03 bits per heavy atom. The van der Waals surface area contributed by atoms with Crippen LogP contribution in [-0.4, -0.2) is 87.3 Å². The molecule has 1 radical (unpaired) electrons. The van der Waals surface area contributed by atoms with E-state index in [1.165, 1.54) is 0 Å². The van der Waals surface area contributed by atoms with Crippen LogP contribution in [0.25, 0.3) is 0 Å². The van der Waals surface area contributed by atoms with Crippen molar-refractivity contribution >= 4 is 57.9 Å². The van der Waals surface area contributed by atoms with Crippen molar-refractivity contribution in [1.82, 2.24) is 10.6 Å². The summed E-state index contributed by atoms with van der Waals surface area (Å²) in [5, 5.41) is 39.8. The number of hydrogen-bond donors (Lipinski definition) is 6. The fraction of sp³-hybridized carbons (Fsp3) is 0.333. The second kappa shape index (κ2) is 26.1. The molecule has 17 heteroatoms. The molecule has 59 heavy (non-hydrogen) atoms. The number of nitrogens with one attached hydrogen (secondary N) is 2. The Morgan fingerprint density at radius 1 is 0.508 bits per heavy atom. The van der Waals surface area contributed by atoms with Crippen molar-refractivity contribution in [2.45, 2.75) is 50.6 Å². The van der Waals surface area contributed by atoms with Gasteiger partial charge in [-0.05, 0) is 136 Å². The van der Waals surface area contributed by atoms with Crippen LogP contribution < -0.4 is 31.9 Å². The fourth-order valence-corrected chi connectivity index (χ4v) is 5.06. The minimum absolute atomic E-state index is 0. The van der Waals surface area contributed by atoms with Crippen LogP contribution in [-0.2, 0) is 26.7 Å². The Bertz CT molecular complexity index is 1820. The summed E-state index contributed by atoms with van der Waals surface area (Å²) >= 11 is 0. The number of hydrogen-bond acceptors (Lipinski definition) is 12. The topological polar surface area (TPSA) is 241 Å². The van der Waals surface area contributed by atoms with Crippen LogP contribution in [0.5, 0.6) is 0 Å². The molecule has 0 aliphatic rings. The maximum Gasteiger partial charge on any atom is 0.320 e. The zero-order chi connectivity index (χ0) is 42.5. The van der Waals surface area contributed by atoms with Crippen molar-refractivity contribution in [1.29, 1.82) is 0 Å². The van der Waals surface area contributed by atoms with E-state index in [-0.39, 0.29) is 28.9 Å². The van der Waals surface area contributed by atoms with Crippen LogP contribution in [0.1, 0.15) is 59.2 Å². The second-order valence-corrected chi connectivity index (χ2v) is 13.7. The molecule has 4 aromatic carbocycles. The van der Waals surface area contributed by atoms with Crippen molar-refractivity contribution in [3.63, 3.8) is 0 Å². The molecular weight excluding hydrogens is 804 g/mol. The molecular formula is C42H54CuN10O6. The van der Waals surface area contributed by atoms with E-state index in [0.29, 0.717) is 74.1 Å². The van der Waals surface area contributed by atoms with Crippen molar-refractivity contribution in [3.05, 3.63) is 108 Å². The van der Waals surface area contributed by atoms with Gasteiger partial charge in [-0.25, -0.2) is 0 Å². The van der Waals surface area contributed by atoms with Gasteiger partial charge >= 0.3 is 11.9 Å². The number of benzene rings is 4. The number of nitrogens with two attached hydrogens (primary N) is 2. The van der Waals surface area contributed by atoms with Crippen LogP contribution in [0.4, 0.5) is 34.1 Å². The molecule has 319 valence electrons. The zero-order valence-electron chi connectivity index (χ0n) is 33.7. The molecule has 8 N–H and O–H groups in total. The van der Waals surface area contributed by atoms with Gasteiger partial charge in [-0.3, -0.25) is 19.2 Å². The van der Waals surface area contributed by atoms with E-state index in [1.54, 1.807) is 48.5 Å². The standard InChI is InChI=1S/2C21H27N5O3.Cu/c2*1-26(2)18-12-10-17(11-13-18)25-24-16-8-6-15(7-9-16)20(27)23-14-4-3-5-19(22)21(28)29;/h2*6-13,19H,3-5,14,22H2,1-2H3,(H,23,27)(H,28,29);. The predicted molar refractivity (Wildman–Crippen MR) is 226 cm³/mol. The largest absolute Gasteiger partial charge is 0.480 e. The van der Waals surface area contributed by atoms with E-state index in [1.807, 2.05) is 86.5 Å². The van der Waals surface area contributed by atoms with Gasteiger partial charge in [0.2, 0.25) is 0 Å². The van der Waals surface area contributed by atoms with Crippen LogP contribution in [0.2, 0.25) is 0 Å². The Morgan fingerprint density at radius 2 is 0.780 bits per heavy atom. The maximum atomic E-state index is 12.1. The van der Waals surface area contributed by atoms with Gasteiger partial charge in [-0.1, -0.05) is 0 Å². The Kier molecular flexibility index (Phi) is 21.7. The average Bonchev–Trinajstić information content (AvgIpc) is 3.22. The number of rotatable bonds is 20. The van der Waals surface area contributed by atoms with Crippen LogP contribution in [0.15, 0.2) is 118 Å². The summed E-state index contributed by atoms with van der Waals surface area (Å²) < 4.78 is 0. The van der Waals surface area contributed by atoms with Gasteiger partial charge in [0.1, 0.15) is 12.1 Å². The number of anilines is 2. The molecule has 0 aliphatic carbocycles. The number of unbranched alkanes of at least 4 members (excludes halogenated alkanes) is 2. The van der Waals surface area contributed by atoms with Crippen molar-refractivity contribution in [3.8, 4) is 0 Å². The SMILES string of the molecule is CN(C)c1ccc(N=Nc2ccc(C(=O)NCCCCC(N)C(=O)O)cc2)cc1.CN(C)c1ccc(N=Nc2ccc(C(=O)NCCCCC(N)C(=O)O)cc2)cc1.[Cu]. The third-order valence-corrected chi connectivity index (χ3v) is 8.64. The summed E-state index contributed by atoms with van der Waals surface area (Å²) in [6.07, 6.45) is 3.41. The third-order valence-electron chi connectivity index (χ3n) is 8.64. The van der Waals surface area contributed by atoms with Crippen molar-refractivity contribution < 1.29 is 46.5 Å². The molecule has 0 saturated heterocycles. The summed E-state index contributed by atoms with van der Waals surface area (Å²) in [5.41, 5.74) is 16.9. The number of amides is 2. The van der Waals surface area contributed by atoms with Gasteiger partial charge in [0, 0.05) is 80.9 Å². The fourth-order valence-electron chi connectivity index (χ4n) is 5.06. The summed E-state index contributed by atoms with van der Waals surface area (Å²) in [6, 6.07) is 27.5. The Balaban J connectivity index is 0.000000400. The monoisotopic (exact) mass is 857 g/mol. The van der Waals surface area contributed by atoms with Crippen molar-refractivity contribution in [2.75, 3.05) is 51.1 Å². The molecule has 0 aromatic heterocycles. The van der Waals surface area contributed by atoms with Crippen LogP contribution >= 0.6 is 0 Å². The van der Waals surface area contributed by atoms with E-state index in [4.69, 9.17) is 21.7 Å². The Labute approximate surface area is 355 Å². The van der Waals surface area contributed by atoms with Gasteiger partial charge in [0.05, 0.1) is 22.7 Å². The molecule has 4 rings (SSSR count). The zero-order valence-corrected chi connectivity index (χ0v) is 34.7. The van der Waals surface area contributed by atoms with Gasteiger partial charge in [-0.2, -0.15) is 20.5 Å². The van der Waals surface area contributed by atoms with Crippen LogP contribution in [0.3, 0.4) is 0 Å². The molecule has 2 atom stereocenters. The molecule has 0 saturated carbocycles. The molecule has 0 aliphatic heterocycles. The first-order valence-corrected chi connectivity index (χ1v) is 18.8. The van der Waals surface area contributed by atoms with E-state index < -0.39 is 24.0 Å². The number of carboxylic acids is 2. The molecule has 16 nitrogen and oxygen atoms in total. The molecule has 2 unspecified atom stereocenters. The molecule has 2 amide bonds. The van der Waals surface area contributed by atoms with Gasteiger partial charge in [0.15, 0.2) is 0 Å². The van der Waals surface area contributed by atoms with E-state index in [9.17, 15) is 19.2 Å². The summed E-state index contributed by atoms with van der Waals surface area (Å²) in [5.74, 6) is -2.38. The number of aliphatic carboxylic acids is 2. The third kappa shape index (κ3) is 18.4. The first-order chi connectivity index (χ1) is 27.7. The number of azo groups is 2. The quantitative estimate of drug-likeness (QED) is 0.0303. The molecule has 0 bridgehead atoms. The average molecular weight is 859 g/mol. The number of carbonyl (C=O) groups excluding carboxylic acids is 2. The molecule has 0 spiro atoms. The number of carbonyl (C=O) groups is 4. The smallest absolute Gasteiger partial charge is 0.320 e. The van der Waals surface area contributed by atoms with E-state index in [2.05, 4.69) is 31.1 Å². The van der Waals surface area contributed by atoms with Crippen molar-refractivity contribution in [2.24, 2.45) is 31.9 Å². The summed E-state index contributed by atoms with van der Waals surface area (Å²) in [6.45, 7) is 0.936. The predicted octanol–water partition coefficient (Wildman–Crippen LogP) is 6.96. The number of carboxylic acid groups (broad SMARTS) is 2. The molecule has 0 heterocycles. The first-order valence-electron chi connectivity index (χ1n) is 18.8. The Hall–Kier alpha value is -6.00. The normalized spacial score (nSPS) is 11.8. The van der Waals surface area contributed by atoms with Gasteiger partial charge < -0.3 is 42.1 Å². The second-order valence-electron chi connectivity index (χ2n) is 13.7. The molecule has 4 aromatic rings. The molecule has 0 fully saturated rings. The van der Waals surface area contributed by atoms with E-state index in [0.717, 1.165) is 22.7 Å². The summed E-state index contributed by atoms with van der Waals surface area (Å²) in [7, 11) is 7.90. The van der Waals surface area contributed by atoms with Crippen LogP contribution in [0, 0.1) is 0 Å². The maximum absolute atomic E-state index is 12.1. The minimum Gasteiger partial charge on any atom is -0.480 e. The number of nitrogens with zero attached hydrogens (tertiary/aromatic N) is 6. The van der Waals surface area contributed by atoms with Gasteiger partial charge in [0.25, 0.3) is 11.8 Å².